The number of hydrogen-bond donors (Lipinski definition) is 2. The first-order chi connectivity index (χ1) is 14.0. The molecule has 2 aliphatic rings. The predicted molar refractivity (Wildman–Crippen MR) is 93.7 cm³/mol. The summed E-state index contributed by atoms with van der Waals surface area (Å²) < 4.78 is 31.1. The van der Waals surface area contributed by atoms with E-state index in [1.807, 2.05) is 0 Å². The van der Waals surface area contributed by atoms with Crippen LogP contribution in [0.5, 0.6) is 0 Å². The van der Waals surface area contributed by atoms with E-state index in [1.165, 1.54) is 27.7 Å². The van der Waals surface area contributed by atoms with Crippen molar-refractivity contribution in [1.29, 1.82) is 0 Å². The van der Waals surface area contributed by atoms with E-state index in [0.717, 1.165) is 0 Å². The fourth-order valence-corrected chi connectivity index (χ4v) is 2.76. The Bertz CT molecular complexity index is 604. The van der Waals surface area contributed by atoms with Crippen molar-refractivity contribution in [2.45, 2.75) is 76.5 Å². The van der Waals surface area contributed by atoms with Crippen molar-refractivity contribution >= 4 is 23.9 Å². The minimum atomic E-state index is -1.38. The van der Waals surface area contributed by atoms with Gasteiger partial charge in [0.05, 0.1) is 13.2 Å². The van der Waals surface area contributed by atoms with E-state index in [0.29, 0.717) is 0 Å². The molecule has 0 aromatic heterocycles. The lowest BCUT2D eigenvalue weighted by Crippen LogP contribution is -2.40. The molecule has 0 aromatic carbocycles. The molecule has 0 radical (unpaired) electrons. The first-order valence-corrected chi connectivity index (χ1v) is 9.42. The minimum Gasteiger partial charge on any atom is -0.454 e. The van der Waals surface area contributed by atoms with Gasteiger partial charge in [0.1, 0.15) is 24.4 Å². The van der Waals surface area contributed by atoms with E-state index >= 15 is 0 Å². The van der Waals surface area contributed by atoms with Gasteiger partial charge in [-0.2, -0.15) is 0 Å². The molecular formula is C18H26O12. The van der Waals surface area contributed by atoms with Crippen LogP contribution in [0, 0.1) is 0 Å². The predicted octanol–water partition coefficient (Wildman–Crippen LogP) is -1.77. The SMILES string of the molecule is CC(O)C(=O)OC(C)C(=O)OC1COC2C(OC(=O)C(C)OC(=O)C(C)O)COC12. The molecule has 0 aliphatic carbocycles. The fraction of sp³-hybridized carbons (Fsp3) is 0.778. The van der Waals surface area contributed by atoms with Crippen LogP contribution in [-0.2, 0) is 47.6 Å². The molecule has 2 saturated heterocycles. The Balaban J connectivity index is 1.85. The van der Waals surface area contributed by atoms with Crippen LogP contribution in [-0.4, -0.2) is 96.1 Å². The maximum atomic E-state index is 12.1. The number of ether oxygens (including phenoxy) is 6. The molecule has 12 heteroatoms. The third-order valence-electron chi connectivity index (χ3n) is 4.43. The van der Waals surface area contributed by atoms with E-state index in [1.54, 1.807) is 0 Å². The van der Waals surface area contributed by atoms with E-state index < -0.39 is 72.7 Å². The summed E-state index contributed by atoms with van der Waals surface area (Å²) in [6.07, 6.45) is -8.29. The first kappa shape index (κ1) is 24.0. The van der Waals surface area contributed by atoms with Gasteiger partial charge in [0, 0.05) is 0 Å². The number of fused-ring (bicyclic) bond motifs is 1. The van der Waals surface area contributed by atoms with Crippen LogP contribution in [0.25, 0.3) is 0 Å². The number of rotatable bonds is 8. The molecule has 12 nitrogen and oxygen atoms in total. The van der Waals surface area contributed by atoms with Crippen LogP contribution in [0.4, 0.5) is 0 Å². The summed E-state index contributed by atoms with van der Waals surface area (Å²) in [4.78, 5) is 46.9. The number of aliphatic hydroxyl groups excluding tert-OH is 2. The molecule has 2 fully saturated rings. The summed E-state index contributed by atoms with van der Waals surface area (Å²) in [6.45, 7) is 4.95. The second kappa shape index (κ2) is 10.2. The molecule has 2 N–H and O–H groups in total. The number of carbonyl (C=O) groups is 4. The molecule has 2 heterocycles. The summed E-state index contributed by atoms with van der Waals surface area (Å²) in [5.74, 6) is -3.62. The number of esters is 4. The smallest absolute Gasteiger partial charge is 0.347 e. The van der Waals surface area contributed by atoms with Crippen molar-refractivity contribution in [3.8, 4) is 0 Å². The molecule has 30 heavy (non-hydrogen) atoms. The molecule has 8 unspecified atom stereocenters. The van der Waals surface area contributed by atoms with Crippen LogP contribution < -0.4 is 0 Å². The molecule has 170 valence electrons. The van der Waals surface area contributed by atoms with Gasteiger partial charge in [0.2, 0.25) is 0 Å². The number of carbonyl (C=O) groups excluding carboxylic acids is 4. The van der Waals surface area contributed by atoms with Crippen LogP contribution in [0.3, 0.4) is 0 Å². The highest BCUT2D eigenvalue weighted by Crippen LogP contribution is 2.31. The van der Waals surface area contributed by atoms with Crippen LogP contribution in [0.15, 0.2) is 0 Å². The zero-order chi connectivity index (χ0) is 22.6. The van der Waals surface area contributed by atoms with Gasteiger partial charge in [0.25, 0.3) is 0 Å². The quantitative estimate of drug-likeness (QED) is 0.327. The third kappa shape index (κ3) is 5.88. The molecule has 0 saturated carbocycles. The Morgan fingerprint density at radius 1 is 0.700 bits per heavy atom. The topological polar surface area (TPSA) is 164 Å². The van der Waals surface area contributed by atoms with Crippen molar-refractivity contribution in [1.82, 2.24) is 0 Å². The maximum absolute atomic E-state index is 12.1. The van der Waals surface area contributed by atoms with E-state index in [-0.39, 0.29) is 13.2 Å². The summed E-state index contributed by atoms with van der Waals surface area (Å²) in [6, 6.07) is 0. The highest BCUT2D eigenvalue weighted by atomic mass is 16.7. The van der Waals surface area contributed by atoms with Gasteiger partial charge in [-0.15, -0.1) is 0 Å². The van der Waals surface area contributed by atoms with Crippen molar-refractivity contribution in [2.24, 2.45) is 0 Å². The maximum Gasteiger partial charge on any atom is 0.347 e. The second-order valence-electron chi connectivity index (χ2n) is 7.06. The molecule has 2 rings (SSSR count). The van der Waals surface area contributed by atoms with Crippen molar-refractivity contribution in [2.75, 3.05) is 13.2 Å². The van der Waals surface area contributed by atoms with Gasteiger partial charge in [-0.05, 0) is 27.7 Å². The lowest BCUT2D eigenvalue weighted by atomic mass is 10.1. The molecule has 0 spiro atoms. The average molecular weight is 434 g/mol. The summed E-state index contributed by atoms with van der Waals surface area (Å²) >= 11 is 0. The molecule has 0 amide bonds. The molecule has 0 aromatic rings. The lowest BCUT2D eigenvalue weighted by molar-refractivity contribution is -0.178. The Labute approximate surface area is 172 Å². The van der Waals surface area contributed by atoms with Crippen LogP contribution in [0.2, 0.25) is 0 Å². The van der Waals surface area contributed by atoms with Gasteiger partial charge in [-0.1, -0.05) is 0 Å². The van der Waals surface area contributed by atoms with Gasteiger partial charge >= 0.3 is 23.9 Å². The molecule has 2 aliphatic heterocycles. The number of hydrogen-bond acceptors (Lipinski definition) is 12. The molecular weight excluding hydrogens is 408 g/mol. The standard InChI is InChI=1S/C18H26O12/c1-7(19)15(21)27-9(3)17(23)29-11-5-25-14-12(6-26-13(11)14)30-18(24)10(4)28-16(22)8(2)20/h7-14,19-20H,5-6H2,1-4H3. The monoisotopic (exact) mass is 434 g/mol. The van der Waals surface area contributed by atoms with E-state index in [9.17, 15) is 19.2 Å². The Kier molecular flexibility index (Phi) is 8.12. The van der Waals surface area contributed by atoms with Gasteiger partial charge in [-0.3, -0.25) is 0 Å². The lowest BCUT2D eigenvalue weighted by Gasteiger charge is -2.20. The number of aliphatic hydroxyl groups is 2. The fourth-order valence-electron chi connectivity index (χ4n) is 2.76. The summed E-state index contributed by atoms with van der Waals surface area (Å²) in [5.41, 5.74) is 0. The van der Waals surface area contributed by atoms with Crippen LogP contribution in [0.1, 0.15) is 27.7 Å². The Hall–Kier alpha value is -2.28. The van der Waals surface area contributed by atoms with Crippen molar-refractivity contribution in [3.05, 3.63) is 0 Å². The average Bonchev–Trinajstić information content (AvgIpc) is 3.24. The Morgan fingerprint density at radius 3 is 1.33 bits per heavy atom. The minimum absolute atomic E-state index is 0.0290. The summed E-state index contributed by atoms with van der Waals surface area (Å²) in [5, 5.41) is 18.3. The zero-order valence-electron chi connectivity index (χ0n) is 17.0. The zero-order valence-corrected chi connectivity index (χ0v) is 17.0. The van der Waals surface area contributed by atoms with Crippen LogP contribution >= 0.6 is 0 Å². The highest BCUT2D eigenvalue weighted by Gasteiger charge is 2.51. The first-order valence-electron chi connectivity index (χ1n) is 9.42. The van der Waals surface area contributed by atoms with Gasteiger partial charge < -0.3 is 38.6 Å². The summed E-state index contributed by atoms with van der Waals surface area (Å²) in [7, 11) is 0. The van der Waals surface area contributed by atoms with Crippen molar-refractivity contribution in [3.63, 3.8) is 0 Å². The Morgan fingerprint density at radius 2 is 1.03 bits per heavy atom. The van der Waals surface area contributed by atoms with Gasteiger partial charge in [0.15, 0.2) is 24.4 Å². The largest absolute Gasteiger partial charge is 0.454 e. The molecule has 0 bridgehead atoms. The molecule has 8 atom stereocenters. The van der Waals surface area contributed by atoms with Crippen molar-refractivity contribution < 1.29 is 57.8 Å². The third-order valence-corrected chi connectivity index (χ3v) is 4.43. The highest BCUT2D eigenvalue weighted by molar-refractivity contribution is 5.81. The van der Waals surface area contributed by atoms with Gasteiger partial charge in [-0.25, -0.2) is 19.2 Å². The second-order valence-corrected chi connectivity index (χ2v) is 7.06. The normalized spacial score (nSPS) is 29.1. The van der Waals surface area contributed by atoms with E-state index in [4.69, 9.17) is 38.6 Å². The van der Waals surface area contributed by atoms with E-state index in [2.05, 4.69) is 0 Å².